The zero-order valence-corrected chi connectivity index (χ0v) is 16.2. The lowest BCUT2D eigenvalue weighted by Gasteiger charge is -2.19. The molecule has 0 unspecified atom stereocenters. The van der Waals surface area contributed by atoms with Gasteiger partial charge in [0, 0.05) is 16.9 Å². The SMILES string of the molecule is Cc1c(N)ccc(NC(=S)NC(=O)c2ccc(C(C)(C)C)cc2)c1C. The smallest absolute Gasteiger partial charge is 0.257 e. The normalized spacial score (nSPS) is 11.1. The van der Waals surface area contributed by atoms with Crippen LogP contribution >= 0.6 is 12.2 Å². The molecule has 0 bridgehead atoms. The molecule has 2 rings (SSSR count). The molecule has 132 valence electrons. The van der Waals surface area contributed by atoms with Crippen LogP contribution in [-0.4, -0.2) is 11.0 Å². The van der Waals surface area contributed by atoms with Crippen molar-refractivity contribution in [2.75, 3.05) is 11.1 Å². The third-order valence-electron chi connectivity index (χ3n) is 4.32. The van der Waals surface area contributed by atoms with E-state index in [-0.39, 0.29) is 16.4 Å². The second-order valence-corrected chi connectivity index (χ2v) is 7.60. The molecule has 0 aromatic heterocycles. The van der Waals surface area contributed by atoms with Gasteiger partial charge in [-0.15, -0.1) is 0 Å². The molecule has 2 aromatic rings. The van der Waals surface area contributed by atoms with Crippen LogP contribution in [0.4, 0.5) is 11.4 Å². The highest BCUT2D eigenvalue weighted by Crippen LogP contribution is 2.24. The summed E-state index contributed by atoms with van der Waals surface area (Å²) < 4.78 is 0. The zero-order chi connectivity index (χ0) is 18.8. The van der Waals surface area contributed by atoms with Crippen LogP contribution in [0.1, 0.15) is 47.8 Å². The summed E-state index contributed by atoms with van der Waals surface area (Å²) in [6.07, 6.45) is 0. The molecular weight excluding hydrogens is 330 g/mol. The first-order valence-corrected chi connectivity index (χ1v) is 8.59. The van der Waals surface area contributed by atoms with Gasteiger partial charge in [-0.3, -0.25) is 10.1 Å². The van der Waals surface area contributed by atoms with Crippen LogP contribution in [0, 0.1) is 13.8 Å². The second kappa shape index (κ2) is 7.23. The maximum atomic E-state index is 12.4. The number of rotatable bonds is 2. The molecule has 0 radical (unpaired) electrons. The molecule has 2 aromatic carbocycles. The summed E-state index contributed by atoms with van der Waals surface area (Å²) in [6, 6.07) is 11.3. The number of carbonyl (C=O) groups excluding carboxylic acids is 1. The molecule has 1 amide bonds. The van der Waals surface area contributed by atoms with Crippen molar-refractivity contribution in [1.29, 1.82) is 0 Å². The Morgan fingerprint density at radius 3 is 2.16 bits per heavy atom. The Morgan fingerprint density at radius 2 is 1.60 bits per heavy atom. The van der Waals surface area contributed by atoms with Crippen molar-refractivity contribution >= 4 is 34.6 Å². The van der Waals surface area contributed by atoms with Gasteiger partial charge in [0.2, 0.25) is 0 Å². The van der Waals surface area contributed by atoms with Crippen molar-refractivity contribution in [3.63, 3.8) is 0 Å². The van der Waals surface area contributed by atoms with Crippen molar-refractivity contribution in [3.05, 3.63) is 58.7 Å². The number of thiocarbonyl (C=S) groups is 1. The van der Waals surface area contributed by atoms with Crippen molar-refractivity contribution in [2.24, 2.45) is 0 Å². The first kappa shape index (κ1) is 18.9. The average Bonchev–Trinajstić information content (AvgIpc) is 2.54. The quantitative estimate of drug-likeness (QED) is 0.555. The first-order chi connectivity index (χ1) is 11.6. The Labute approximate surface area is 154 Å². The molecule has 0 aliphatic carbocycles. The highest BCUT2D eigenvalue weighted by atomic mass is 32.1. The van der Waals surface area contributed by atoms with E-state index in [2.05, 4.69) is 31.4 Å². The minimum absolute atomic E-state index is 0.0520. The summed E-state index contributed by atoms with van der Waals surface area (Å²) in [5, 5.41) is 6.03. The van der Waals surface area contributed by atoms with Crippen LogP contribution in [-0.2, 0) is 5.41 Å². The zero-order valence-electron chi connectivity index (χ0n) is 15.4. The molecule has 0 heterocycles. The van der Waals surface area contributed by atoms with Crippen molar-refractivity contribution in [3.8, 4) is 0 Å². The average molecular weight is 356 g/mol. The van der Waals surface area contributed by atoms with Crippen LogP contribution in [0.15, 0.2) is 36.4 Å². The molecule has 0 aliphatic heterocycles. The largest absolute Gasteiger partial charge is 0.399 e. The Morgan fingerprint density at radius 1 is 1.00 bits per heavy atom. The lowest BCUT2D eigenvalue weighted by molar-refractivity contribution is 0.0977. The molecule has 5 heteroatoms. The third kappa shape index (κ3) is 4.57. The highest BCUT2D eigenvalue weighted by molar-refractivity contribution is 7.80. The van der Waals surface area contributed by atoms with Gasteiger partial charge in [0.1, 0.15) is 0 Å². The molecule has 0 saturated heterocycles. The number of nitrogen functional groups attached to an aromatic ring is 1. The summed E-state index contributed by atoms with van der Waals surface area (Å²) in [7, 11) is 0. The molecule has 25 heavy (non-hydrogen) atoms. The van der Waals surface area contributed by atoms with Crippen LogP contribution < -0.4 is 16.4 Å². The standard InChI is InChI=1S/C20H25N3OS/c1-12-13(2)17(11-10-16(12)21)22-19(25)23-18(24)14-6-8-15(9-7-14)20(3,4)5/h6-11H,21H2,1-5H3,(H2,22,23,24,25). The minimum Gasteiger partial charge on any atom is -0.399 e. The Hall–Kier alpha value is -2.40. The topological polar surface area (TPSA) is 67.2 Å². The van der Waals surface area contributed by atoms with Gasteiger partial charge in [-0.05, 0) is 72.4 Å². The number of anilines is 2. The van der Waals surface area contributed by atoms with E-state index >= 15 is 0 Å². The summed E-state index contributed by atoms with van der Waals surface area (Å²) in [5.41, 5.74) is 11.3. The Bertz CT molecular complexity index is 805. The van der Waals surface area contributed by atoms with Crippen LogP contribution in [0.3, 0.4) is 0 Å². The van der Waals surface area contributed by atoms with Gasteiger partial charge in [0.15, 0.2) is 5.11 Å². The molecule has 0 spiro atoms. The van der Waals surface area contributed by atoms with E-state index < -0.39 is 0 Å². The van der Waals surface area contributed by atoms with E-state index in [9.17, 15) is 4.79 Å². The number of amides is 1. The maximum Gasteiger partial charge on any atom is 0.257 e. The van der Waals surface area contributed by atoms with Crippen molar-refractivity contribution in [1.82, 2.24) is 5.32 Å². The fraction of sp³-hybridized carbons (Fsp3) is 0.300. The van der Waals surface area contributed by atoms with Gasteiger partial charge >= 0.3 is 0 Å². The fourth-order valence-corrected chi connectivity index (χ4v) is 2.63. The molecule has 0 saturated carbocycles. The summed E-state index contributed by atoms with van der Waals surface area (Å²) in [5.74, 6) is -0.234. The Balaban J connectivity index is 2.06. The van der Waals surface area contributed by atoms with E-state index in [1.165, 1.54) is 5.56 Å². The highest BCUT2D eigenvalue weighted by Gasteiger charge is 2.15. The number of nitrogens with two attached hydrogens (primary N) is 1. The van der Waals surface area contributed by atoms with E-state index in [4.69, 9.17) is 18.0 Å². The van der Waals surface area contributed by atoms with Crippen LogP contribution in [0.2, 0.25) is 0 Å². The number of carbonyl (C=O) groups is 1. The minimum atomic E-state index is -0.234. The van der Waals surface area contributed by atoms with Gasteiger partial charge < -0.3 is 11.1 Å². The number of hydrogen-bond acceptors (Lipinski definition) is 3. The predicted octanol–water partition coefficient (Wildman–Crippen LogP) is 4.31. The number of nitrogens with one attached hydrogen (secondary N) is 2. The van der Waals surface area contributed by atoms with Crippen LogP contribution in [0.5, 0.6) is 0 Å². The summed E-state index contributed by atoms with van der Waals surface area (Å²) in [6.45, 7) is 10.3. The van der Waals surface area contributed by atoms with E-state index in [1.54, 1.807) is 0 Å². The number of benzene rings is 2. The summed E-state index contributed by atoms with van der Waals surface area (Å²) in [4.78, 5) is 12.4. The van der Waals surface area contributed by atoms with Gasteiger partial charge in [-0.25, -0.2) is 0 Å². The molecule has 4 nitrogen and oxygen atoms in total. The second-order valence-electron chi connectivity index (χ2n) is 7.19. The lowest BCUT2D eigenvalue weighted by Crippen LogP contribution is -2.34. The van der Waals surface area contributed by atoms with Crippen molar-refractivity contribution < 1.29 is 4.79 Å². The molecule has 4 N–H and O–H groups in total. The maximum absolute atomic E-state index is 12.4. The van der Waals surface area contributed by atoms with E-state index in [1.807, 2.05) is 50.2 Å². The van der Waals surface area contributed by atoms with Crippen LogP contribution in [0.25, 0.3) is 0 Å². The fourth-order valence-electron chi connectivity index (χ4n) is 2.43. The Kier molecular flexibility index (Phi) is 5.48. The predicted molar refractivity (Wildman–Crippen MR) is 109 cm³/mol. The van der Waals surface area contributed by atoms with Gasteiger partial charge in [-0.1, -0.05) is 32.9 Å². The van der Waals surface area contributed by atoms with E-state index in [0.29, 0.717) is 5.56 Å². The van der Waals surface area contributed by atoms with Crippen molar-refractivity contribution in [2.45, 2.75) is 40.0 Å². The van der Waals surface area contributed by atoms with E-state index in [0.717, 1.165) is 22.5 Å². The monoisotopic (exact) mass is 355 g/mol. The van der Waals surface area contributed by atoms with Gasteiger partial charge in [0.05, 0.1) is 0 Å². The first-order valence-electron chi connectivity index (χ1n) is 8.18. The molecule has 0 atom stereocenters. The molecule has 0 aliphatic rings. The third-order valence-corrected chi connectivity index (χ3v) is 4.52. The number of hydrogen-bond donors (Lipinski definition) is 3. The van der Waals surface area contributed by atoms with Gasteiger partial charge in [0.25, 0.3) is 5.91 Å². The summed E-state index contributed by atoms with van der Waals surface area (Å²) >= 11 is 5.26. The lowest BCUT2D eigenvalue weighted by atomic mass is 9.87. The molecular formula is C20H25N3OS. The molecule has 0 fully saturated rings. The van der Waals surface area contributed by atoms with Gasteiger partial charge in [-0.2, -0.15) is 0 Å².